The molecule has 0 unspecified atom stereocenters. The van der Waals surface area contributed by atoms with Crippen molar-refractivity contribution in [2.75, 3.05) is 14.1 Å². The number of phenolic OH excluding ortho intramolecular Hbond substituents is 1. The Labute approximate surface area is 101 Å². The lowest BCUT2D eigenvalue weighted by atomic mass is 10.0. The van der Waals surface area contributed by atoms with Crippen LogP contribution in [0.1, 0.15) is 24.0 Å². The Morgan fingerprint density at radius 1 is 1.35 bits per heavy atom. The molecule has 4 heteroatoms. The molecular weight excluding hydrogens is 219 g/mol. The van der Waals surface area contributed by atoms with Crippen LogP contribution >= 0.6 is 0 Å². The van der Waals surface area contributed by atoms with Crippen molar-refractivity contribution < 1.29 is 9.50 Å². The highest BCUT2D eigenvalue weighted by Crippen LogP contribution is 2.38. The minimum atomic E-state index is -0.307. The van der Waals surface area contributed by atoms with Crippen molar-refractivity contribution in [3.63, 3.8) is 0 Å². The van der Waals surface area contributed by atoms with Gasteiger partial charge in [0.25, 0.3) is 0 Å². The summed E-state index contributed by atoms with van der Waals surface area (Å²) in [5.74, 6) is -0.115. The smallest absolute Gasteiger partial charge is 0.124 e. The molecule has 1 aliphatic rings. The highest BCUT2D eigenvalue weighted by atomic mass is 19.1. The van der Waals surface area contributed by atoms with Crippen LogP contribution in [0.2, 0.25) is 0 Å². The molecule has 3 N–H and O–H groups in total. The highest BCUT2D eigenvalue weighted by molar-refractivity contribution is 5.42. The zero-order valence-corrected chi connectivity index (χ0v) is 10.3. The molecule has 0 spiro atoms. The maximum Gasteiger partial charge on any atom is 0.124 e. The minimum absolute atomic E-state index is 0.192. The SMILES string of the molecule is CN(C)Cc1cc(F)cc(CC2(N)CC2)c1O. The van der Waals surface area contributed by atoms with Crippen molar-refractivity contribution in [1.82, 2.24) is 4.90 Å². The summed E-state index contributed by atoms with van der Waals surface area (Å²) in [4.78, 5) is 1.90. The van der Waals surface area contributed by atoms with Crippen LogP contribution in [0.5, 0.6) is 5.75 Å². The third-order valence-corrected chi connectivity index (χ3v) is 3.15. The Balaban J connectivity index is 2.28. The fraction of sp³-hybridized carbons (Fsp3) is 0.538. The number of halogens is 1. The summed E-state index contributed by atoms with van der Waals surface area (Å²) in [7, 11) is 3.77. The lowest BCUT2D eigenvalue weighted by Gasteiger charge is -2.16. The maximum atomic E-state index is 13.5. The summed E-state index contributed by atoms with van der Waals surface area (Å²) in [6.07, 6.45) is 2.45. The van der Waals surface area contributed by atoms with Gasteiger partial charge >= 0.3 is 0 Å². The molecule has 0 bridgehead atoms. The summed E-state index contributed by atoms with van der Waals surface area (Å²) in [6, 6.07) is 2.77. The average molecular weight is 238 g/mol. The van der Waals surface area contributed by atoms with Gasteiger partial charge in [-0.2, -0.15) is 0 Å². The highest BCUT2D eigenvalue weighted by Gasteiger charge is 2.38. The Bertz CT molecular complexity index is 428. The van der Waals surface area contributed by atoms with Crippen LogP contribution in [-0.2, 0) is 13.0 Å². The normalized spacial score (nSPS) is 17.5. The number of nitrogens with two attached hydrogens (primary N) is 1. The Hall–Kier alpha value is -1.13. The molecule has 0 atom stereocenters. The van der Waals surface area contributed by atoms with Crippen LogP contribution in [0.15, 0.2) is 12.1 Å². The number of phenols is 1. The lowest BCUT2D eigenvalue weighted by molar-refractivity contribution is 0.381. The standard InChI is InChI=1S/C13H19FN2O/c1-16(2)8-10-6-11(14)5-9(12(10)17)7-13(15)3-4-13/h5-6,17H,3-4,7-8,15H2,1-2H3. The first-order chi connectivity index (χ1) is 7.89. The number of nitrogens with zero attached hydrogens (tertiary/aromatic N) is 1. The molecule has 0 aromatic heterocycles. The first-order valence-electron chi connectivity index (χ1n) is 5.83. The molecule has 0 amide bonds. The number of hydrogen-bond donors (Lipinski definition) is 2. The van der Waals surface area contributed by atoms with Crippen LogP contribution in [0, 0.1) is 5.82 Å². The van der Waals surface area contributed by atoms with Crippen LogP contribution < -0.4 is 5.73 Å². The average Bonchev–Trinajstić information content (AvgIpc) is 2.90. The van der Waals surface area contributed by atoms with E-state index in [2.05, 4.69) is 0 Å². The second kappa shape index (κ2) is 4.27. The largest absolute Gasteiger partial charge is 0.507 e. The van der Waals surface area contributed by atoms with E-state index in [1.54, 1.807) is 0 Å². The Morgan fingerprint density at radius 3 is 2.47 bits per heavy atom. The molecule has 0 radical (unpaired) electrons. The Kier molecular flexibility index (Phi) is 3.10. The molecule has 0 aliphatic heterocycles. The van der Waals surface area contributed by atoms with Gasteiger partial charge in [-0.05, 0) is 51.1 Å². The zero-order valence-electron chi connectivity index (χ0n) is 10.3. The molecule has 3 nitrogen and oxygen atoms in total. The summed E-state index contributed by atoms with van der Waals surface area (Å²) in [6.45, 7) is 0.522. The van der Waals surface area contributed by atoms with E-state index in [4.69, 9.17) is 5.73 Å². The van der Waals surface area contributed by atoms with E-state index in [9.17, 15) is 9.50 Å². The molecular formula is C13H19FN2O. The van der Waals surface area contributed by atoms with Gasteiger partial charge < -0.3 is 15.7 Å². The van der Waals surface area contributed by atoms with Crippen molar-refractivity contribution in [3.05, 3.63) is 29.1 Å². The third kappa shape index (κ3) is 2.96. The first-order valence-corrected chi connectivity index (χ1v) is 5.83. The fourth-order valence-corrected chi connectivity index (χ4v) is 2.03. The van der Waals surface area contributed by atoms with Crippen molar-refractivity contribution in [1.29, 1.82) is 0 Å². The van der Waals surface area contributed by atoms with Gasteiger partial charge in [-0.1, -0.05) is 0 Å². The van der Waals surface area contributed by atoms with E-state index in [0.717, 1.165) is 12.8 Å². The Morgan fingerprint density at radius 2 is 1.94 bits per heavy atom. The fourth-order valence-electron chi connectivity index (χ4n) is 2.03. The van der Waals surface area contributed by atoms with Gasteiger partial charge in [0.15, 0.2) is 0 Å². The van der Waals surface area contributed by atoms with Crippen molar-refractivity contribution in [2.45, 2.75) is 31.3 Å². The van der Waals surface area contributed by atoms with Crippen molar-refractivity contribution in [2.24, 2.45) is 5.73 Å². The van der Waals surface area contributed by atoms with Gasteiger partial charge in [0, 0.05) is 17.6 Å². The van der Waals surface area contributed by atoms with Gasteiger partial charge in [-0.15, -0.1) is 0 Å². The van der Waals surface area contributed by atoms with E-state index in [1.165, 1.54) is 12.1 Å². The number of aromatic hydroxyl groups is 1. The predicted octanol–water partition coefficient (Wildman–Crippen LogP) is 1.63. The number of rotatable bonds is 4. The van der Waals surface area contributed by atoms with E-state index in [0.29, 0.717) is 24.1 Å². The molecule has 1 aromatic rings. The monoisotopic (exact) mass is 238 g/mol. The molecule has 2 rings (SSSR count). The molecule has 1 aliphatic carbocycles. The summed E-state index contributed by atoms with van der Waals surface area (Å²) < 4.78 is 13.5. The van der Waals surface area contributed by atoms with Crippen molar-refractivity contribution >= 4 is 0 Å². The van der Waals surface area contributed by atoms with E-state index in [1.807, 2.05) is 19.0 Å². The summed E-state index contributed by atoms with van der Waals surface area (Å²) >= 11 is 0. The van der Waals surface area contributed by atoms with E-state index in [-0.39, 0.29) is 17.1 Å². The first kappa shape index (κ1) is 12.3. The third-order valence-electron chi connectivity index (χ3n) is 3.15. The second-order valence-corrected chi connectivity index (χ2v) is 5.35. The topological polar surface area (TPSA) is 49.5 Å². The van der Waals surface area contributed by atoms with Crippen LogP contribution in [-0.4, -0.2) is 29.6 Å². The molecule has 0 saturated heterocycles. The van der Waals surface area contributed by atoms with Gasteiger partial charge in [0.05, 0.1) is 0 Å². The second-order valence-electron chi connectivity index (χ2n) is 5.35. The molecule has 0 heterocycles. The number of benzene rings is 1. The van der Waals surface area contributed by atoms with E-state index < -0.39 is 0 Å². The molecule has 94 valence electrons. The molecule has 1 saturated carbocycles. The summed E-state index contributed by atoms with van der Waals surface area (Å²) in [5, 5.41) is 10.1. The van der Waals surface area contributed by atoms with Gasteiger partial charge in [0.2, 0.25) is 0 Å². The van der Waals surface area contributed by atoms with Crippen molar-refractivity contribution in [3.8, 4) is 5.75 Å². The quantitative estimate of drug-likeness (QED) is 0.838. The number of hydrogen-bond acceptors (Lipinski definition) is 3. The van der Waals surface area contributed by atoms with Crippen LogP contribution in [0.4, 0.5) is 4.39 Å². The van der Waals surface area contributed by atoms with Gasteiger partial charge in [-0.25, -0.2) is 4.39 Å². The van der Waals surface area contributed by atoms with Gasteiger partial charge in [-0.3, -0.25) is 0 Å². The zero-order chi connectivity index (χ0) is 12.6. The van der Waals surface area contributed by atoms with Crippen LogP contribution in [0.25, 0.3) is 0 Å². The predicted molar refractivity (Wildman–Crippen MR) is 65.3 cm³/mol. The van der Waals surface area contributed by atoms with Gasteiger partial charge in [0.1, 0.15) is 11.6 Å². The maximum absolute atomic E-state index is 13.5. The molecule has 1 fully saturated rings. The summed E-state index contributed by atoms with van der Waals surface area (Å²) in [5.41, 5.74) is 7.03. The lowest BCUT2D eigenvalue weighted by Crippen LogP contribution is -2.24. The minimum Gasteiger partial charge on any atom is -0.507 e. The van der Waals surface area contributed by atoms with Crippen LogP contribution in [0.3, 0.4) is 0 Å². The molecule has 17 heavy (non-hydrogen) atoms. The molecule has 1 aromatic carbocycles. The van der Waals surface area contributed by atoms with E-state index >= 15 is 0 Å².